The summed E-state index contributed by atoms with van der Waals surface area (Å²) in [4.78, 5) is 6.87. The number of fused-ring (bicyclic) bond motifs is 1. The van der Waals surface area contributed by atoms with Gasteiger partial charge in [-0.2, -0.15) is 0 Å². The van der Waals surface area contributed by atoms with Crippen molar-refractivity contribution < 1.29 is 4.74 Å². The standard InChI is InChI=1S/C14H27N3O.HI/c1-15-14(16-8-5-9-18-2)17-10-12-6-3-4-7-13(12)11-17;/h12-13H,3-11H2,1-2H3,(H,15,16);1H. The molecule has 2 unspecified atom stereocenters. The van der Waals surface area contributed by atoms with Crippen LogP contribution in [0.3, 0.4) is 0 Å². The molecule has 0 amide bonds. The lowest BCUT2D eigenvalue weighted by atomic mass is 9.82. The van der Waals surface area contributed by atoms with Crippen LogP contribution in [0.4, 0.5) is 0 Å². The zero-order valence-electron chi connectivity index (χ0n) is 12.2. The number of methoxy groups -OCH3 is 1. The maximum atomic E-state index is 5.07. The van der Waals surface area contributed by atoms with E-state index in [2.05, 4.69) is 15.2 Å². The highest BCUT2D eigenvalue weighted by Crippen LogP contribution is 2.35. The van der Waals surface area contributed by atoms with E-state index in [-0.39, 0.29) is 24.0 Å². The minimum absolute atomic E-state index is 0. The van der Waals surface area contributed by atoms with Gasteiger partial charge in [-0.05, 0) is 31.1 Å². The van der Waals surface area contributed by atoms with Crippen LogP contribution < -0.4 is 5.32 Å². The van der Waals surface area contributed by atoms with Gasteiger partial charge in [0.15, 0.2) is 5.96 Å². The van der Waals surface area contributed by atoms with Crippen molar-refractivity contribution in [3.63, 3.8) is 0 Å². The molecule has 4 nitrogen and oxygen atoms in total. The van der Waals surface area contributed by atoms with Gasteiger partial charge in [0.25, 0.3) is 0 Å². The summed E-state index contributed by atoms with van der Waals surface area (Å²) in [6.07, 6.45) is 6.73. The summed E-state index contributed by atoms with van der Waals surface area (Å²) in [5.74, 6) is 2.91. The van der Waals surface area contributed by atoms with Crippen LogP contribution in [0.25, 0.3) is 0 Å². The van der Waals surface area contributed by atoms with Gasteiger partial charge in [-0.3, -0.25) is 4.99 Å². The molecule has 1 aliphatic carbocycles. The summed E-state index contributed by atoms with van der Waals surface area (Å²) >= 11 is 0. The third-order valence-corrected chi connectivity index (χ3v) is 4.30. The lowest BCUT2D eigenvalue weighted by Crippen LogP contribution is -2.40. The van der Waals surface area contributed by atoms with Gasteiger partial charge < -0.3 is 15.0 Å². The fraction of sp³-hybridized carbons (Fsp3) is 0.929. The second kappa shape index (κ2) is 9.00. The molecule has 0 bridgehead atoms. The smallest absolute Gasteiger partial charge is 0.193 e. The molecular weight excluding hydrogens is 353 g/mol. The second-order valence-corrected chi connectivity index (χ2v) is 5.53. The Morgan fingerprint density at radius 2 is 1.89 bits per heavy atom. The molecule has 1 aliphatic heterocycles. The summed E-state index contributed by atoms with van der Waals surface area (Å²) in [5, 5.41) is 3.45. The van der Waals surface area contributed by atoms with E-state index in [0.29, 0.717) is 0 Å². The first-order chi connectivity index (χ1) is 8.85. The third kappa shape index (κ3) is 4.77. The van der Waals surface area contributed by atoms with E-state index in [4.69, 9.17) is 4.74 Å². The first-order valence-corrected chi connectivity index (χ1v) is 7.29. The Balaban J connectivity index is 0.00000180. The molecular formula is C14H28IN3O. The van der Waals surface area contributed by atoms with Gasteiger partial charge in [0, 0.05) is 40.4 Å². The van der Waals surface area contributed by atoms with E-state index in [9.17, 15) is 0 Å². The number of hydrogen-bond acceptors (Lipinski definition) is 2. The van der Waals surface area contributed by atoms with Crippen molar-refractivity contribution in [3.8, 4) is 0 Å². The predicted octanol–water partition coefficient (Wildman–Crippen LogP) is 2.34. The van der Waals surface area contributed by atoms with Crippen molar-refractivity contribution in [2.45, 2.75) is 32.1 Å². The molecule has 0 aromatic heterocycles. The van der Waals surface area contributed by atoms with Crippen LogP contribution in [-0.2, 0) is 4.74 Å². The number of likely N-dealkylation sites (tertiary alicyclic amines) is 1. The fourth-order valence-electron chi connectivity index (χ4n) is 3.33. The Bertz CT molecular complexity index is 272. The highest BCUT2D eigenvalue weighted by Gasteiger charge is 2.35. The number of halogens is 1. The van der Waals surface area contributed by atoms with Gasteiger partial charge in [-0.25, -0.2) is 0 Å². The lowest BCUT2D eigenvalue weighted by Gasteiger charge is -2.22. The van der Waals surface area contributed by atoms with Gasteiger partial charge in [0.1, 0.15) is 0 Å². The molecule has 0 radical (unpaired) electrons. The molecule has 0 spiro atoms. The van der Waals surface area contributed by atoms with Crippen molar-refractivity contribution >= 4 is 29.9 Å². The van der Waals surface area contributed by atoms with Gasteiger partial charge in [0.05, 0.1) is 0 Å². The molecule has 112 valence electrons. The number of nitrogens with one attached hydrogen (secondary N) is 1. The van der Waals surface area contributed by atoms with Gasteiger partial charge in [-0.1, -0.05) is 12.8 Å². The zero-order chi connectivity index (χ0) is 12.8. The van der Waals surface area contributed by atoms with Gasteiger partial charge in [0.2, 0.25) is 0 Å². The van der Waals surface area contributed by atoms with Gasteiger partial charge in [-0.15, -0.1) is 24.0 Å². The molecule has 19 heavy (non-hydrogen) atoms. The quantitative estimate of drug-likeness (QED) is 0.352. The van der Waals surface area contributed by atoms with Crippen LogP contribution in [0, 0.1) is 11.8 Å². The molecule has 1 heterocycles. The van der Waals surface area contributed by atoms with Crippen LogP contribution in [-0.4, -0.2) is 51.3 Å². The van der Waals surface area contributed by atoms with Crippen molar-refractivity contribution in [1.29, 1.82) is 0 Å². The maximum Gasteiger partial charge on any atom is 0.193 e. The van der Waals surface area contributed by atoms with Crippen LogP contribution in [0.1, 0.15) is 32.1 Å². The molecule has 2 rings (SSSR count). The van der Waals surface area contributed by atoms with E-state index in [0.717, 1.165) is 37.4 Å². The first kappa shape index (κ1) is 17.0. The number of aliphatic imine (C=N–C) groups is 1. The van der Waals surface area contributed by atoms with Crippen LogP contribution >= 0.6 is 24.0 Å². The largest absolute Gasteiger partial charge is 0.385 e. The molecule has 2 aliphatic rings. The average molecular weight is 381 g/mol. The summed E-state index contributed by atoms with van der Waals surface area (Å²) in [7, 11) is 3.64. The number of rotatable bonds is 4. The van der Waals surface area contributed by atoms with Crippen molar-refractivity contribution in [1.82, 2.24) is 10.2 Å². The number of nitrogens with zero attached hydrogens (tertiary/aromatic N) is 2. The highest BCUT2D eigenvalue weighted by molar-refractivity contribution is 14.0. The highest BCUT2D eigenvalue weighted by atomic mass is 127. The Labute approximate surface area is 134 Å². The summed E-state index contributed by atoms with van der Waals surface area (Å²) < 4.78 is 5.07. The predicted molar refractivity (Wildman–Crippen MR) is 90.3 cm³/mol. The first-order valence-electron chi connectivity index (χ1n) is 7.29. The molecule has 2 fully saturated rings. The average Bonchev–Trinajstić information content (AvgIpc) is 2.82. The molecule has 2 atom stereocenters. The number of hydrogen-bond donors (Lipinski definition) is 1. The van der Waals surface area contributed by atoms with E-state index in [1.165, 1.54) is 38.8 Å². The van der Waals surface area contributed by atoms with E-state index >= 15 is 0 Å². The molecule has 0 aromatic carbocycles. The molecule has 1 saturated carbocycles. The lowest BCUT2D eigenvalue weighted by molar-refractivity contribution is 0.195. The maximum absolute atomic E-state index is 5.07. The van der Waals surface area contributed by atoms with E-state index < -0.39 is 0 Å². The van der Waals surface area contributed by atoms with E-state index in [1.54, 1.807) is 7.11 Å². The van der Waals surface area contributed by atoms with Crippen molar-refractivity contribution in [2.24, 2.45) is 16.8 Å². The molecule has 5 heteroatoms. The van der Waals surface area contributed by atoms with Gasteiger partial charge >= 0.3 is 0 Å². The Kier molecular flexibility index (Phi) is 8.06. The fourth-order valence-corrected chi connectivity index (χ4v) is 3.33. The monoisotopic (exact) mass is 381 g/mol. The Morgan fingerprint density at radius 3 is 2.42 bits per heavy atom. The van der Waals surface area contributed by atoms with Crippen LogP contribution in [0.15, 0.2) is 4.99 Å². The molecule has 1 N–H and O–H groups in total. The van der Waals surface area contributed by atoms with Crippen LogP contribution in [0.5, 0.6) is 0 Å². The zero-order valence-corrected chi connectivity index (χ0v) is 14.6. The number of guanidine groups is 1. The van der Waals surface area contributed by atoms with Crippen molar-refractivity contribution in [3.05, 3.63) is 0 Å². The Hall–Kier alpha value is -0.0400. The normalized spacial score (nSPS) is 26.8. The summed E-state index contributed by atoms with van der Waals surface area (Å²) in [6, 6.07) is 0. The molecule has 1 saturated heterocycles. The van der Waals surface area contributed by atoms with Crippen LogP contribution in [0.2, 0.25) is 0 Å². The topological polar surface area (TPSA) is 36.9 Å². The third-order valence-electron chi connectivity index (χ3n) is 4.30. The van der Waals surface area contributed by atoms with Crippen molar-refractivity contribution in [2.75, 3.05) is 40.4 Å². The minimum atomic E-state index is 0. The number of ether oxygens (including phenoxy) is 1. The molecule has 0 aromatic rings. The Morgan fingerprint density at radius 1 is 1.26 bits per heavy atom. The van der Waals surface area contributed by atoms with E-state index in [1.807, 2.05) is 7.05 Å². The second-order valence-electron chi connectivity index (χ2n) is 5.53. The minimum Gasteiger partial charge on any atom is -0.385 e. The SMILES string of the molecule is CN=C(NCCCOC)N1CC2CCCCC2C1.I. The summed E-state index contributed by atoms with van der Waals surface area (Å²) in [6.45, 7) is 4.17. The summed E-state index contributed by atoms with van der Waals surface area (Å²) in [5.41, 5.74) is 0.